The first-order valence-electron chi connectivity index (χ1n) is 7.31. The van der Waals surface area contributed by atoms with Crippen LogP contribution in [0, 0.1) is 0 Å². The number of nitrogens with zero attached hydrogens (tertiary/aromatic N) is 2. The second kappa shape index (κ2) is 7.38. The Kier molecular flexibility index (Phi) is 5.51. The Hall–Kier alpha value is -1.92. The van der Waals surface area contributed by atoms with Crippen molar-refractivity contribution in [2.45, 2.75) is 25.3 Å². The molecule has 0 unspecified atom stereocenters. The summed E-state index contributed by atoms with van der Waals surface area (Å²) in [6.45, 7) is 5.27. The molecule has 5 nitrogen and oxygen atoms in total. The van der Waals surface area contributed by atoms with E-state index in [0.29, 0.717) is 24.5 Å². The number of hydrogen-bond acceptors (Lipinski definition) is 4. The molecule has 1 N–H and O–H groups in total. The number of nitrogens with one attached hydrogen (secondary N) is 1. The van der Waals surface area contributed by atoms with Gasteiger partial charge in [-0.2, -0.15) is 4.31 Å². The molecule has 0 amide bonds. The van der Waals surface area contributed by atoms with E-state index >= 15 is 0 Å². The Labute approximate surface area is 132 Å². The fraction of sp³-hybridized carbons (Fsp3) is 0.312. The average Bonchev–Trinajstić information content (AvgIpc) is 2.55. The van der Waals surface area contributed by atoms with Crippen LogP contribution in [0.5, 0.6) is 0 Å². The molecule has 0 aliphatic rings. The predicted octanol–water partition coefficient (Wildman–Crippen LogP) is 2.72. The van der Waals surface area contributed by atoms with Crippen molar-refractivity contribution in [1.29, 1.82) is 0 Å². The molecule has 1 heterocycles. The fourth-order valence-corrected chi connectivity index (χ4v) is 3.62. The summed E-state index contributed by atoms with van der Waals surface area (Å²) in [7, 11) is -3.39. The second-order valence-electron chi connectivity index (χ2n) is 4.83. The average molecular weight is 319 g/mol. The molecule has 0 bridgehead atoms. The maximum atomic E-state index is 12.4. The van der Waals surface area contributed by atoms with E-state index in [-0.39, 0.29) is 0 Å². The summed E-state index contributed by atoms with van der Waals surface area (Å²) in [4.78, 5) is 4.38. The zero-order chi connectivity index (χ0) is 16.0. The van der Waals surface area contributed by atoms with E-state index in [1.807, 2.05) is 26.0 Å². The van der Waals surface area contributed by atoms with Gasteiger partial charge in [0.25, 0.3) is 0 Å². The summed E-state index contributed by atoms with van der Waals surface area (Å²) in [5.41, 5.74) is 1.95. The van der Waals surface area contributed by atoms with Gasteiger partial charge in [-0.1, -0.05) is 19.9 Å². The highest BCUT2D eigenvalue weighted by molar-refractivity contribution is 7.89. The standard InChI is InChI=1S/C16H21N3O2S/c1-3-19(4-2)22(20,21)16-9-7-15(8-10-16)18-13-14-6-5-11-17-12-14/h5-12,18H,3-4,13H2,1-2H3. The van der Waals surface area contributed by atoms with Gasteiger partial charge in [0, 0.05) is 37.7 Å². The quantitative estimate of drug-likeness (QED) is 0.852. The lowest BCUT2D eigenvalue weighted by Gasteiger charge is -2.18. The number of anilines is 1. The minimum atomic E-state index is -3.39. The molecule has 0 saturated heterocycles. The van der Waals surface area contributed by atoms with E-state index in [4.69, 9.17) is 0 Å². The van der Waals surface area contributed by atoms with E-state index in [0.717, 1.165) is 11.3 Å². The summed E-state index contributed by atoms with van der Waals surface area (Å²) in [6, 6.07) is 10.7. The third kappa shape index (κ3) is 3.84. The maximum Gasteiger partial charge on any atom is 0.243 e. The van der Waals surface area contributed by atoms with Gasteiger partial charge in [-0.15, -0.1) is 0 Å². The van der Waals surface area contributed by atoms with Gasteiger partial charge >= 0.3 is 0 Å². The molecule has 2 aromatic rings. The van der Waals surface area contributed by atoms with Crippen molar-refractivity contribution < 1.29 is 8.42 Å². The van der Waals surface area contributed by atoms with Gasteiger partial charge in [-0.25, -0.2) is 8.42 Å². The minimum Gasteiger partial charge on any atom is -0.381 e. The van der Waals surface area contributed by atoms with Gasteiger partial charge in [0.15, 0.2) is 0 Å². The summed E-state index contributed by atoms with van der Waals surface area (Å²) in [5.74, 6) is 0. The molecule has 0 atom stereocenters. The molecule has 0 aliphatic carbocycles. The molecule has 1 aromatic carbocycles. The number of pyridine rings is 1. The lowest BCUT2D eigenvalue weighted by Crippen LogP contribution is -2.30. The Balaban J connectivity index is 2.07. The largest absolute Gasteiger partial charge is 0.381 e. The minimum absolute atomic E-state index is 0.322. The van der Waals surface area contributed by atoms with Gasteiger partial charge in [0.2, 0.25) is 10.0 Å². The number of benzene rings is 1. The smallest absolute Gasteiger partial charge is 0.243 e. The van der Waals surface area contributed by atoms with Crippen molar-refractivity contribution in [2.75, 3.05) is 18.4 Å². The highest BCUT2D eigenvalue weighted by Crippen LogP contribution is 2.18. The van der Waals surface area contributed by atoms with Crippen LogP contribution in [-0.2, 0) is 16.6 Å². The van der Waals surface area contributed by atoms with Crippen molar-refractivity contribution in [2.24, 2.45) is 0 Å². The Morgan fingerprint density at radius 2 is 1.77 bits per heavy atom. The first-order chi connectivity index (χ1) is 10.6. The second-order valence-corrected chi connectivity index (χ2v) is 6.77. The molecule has 0 spiro atoms. The Morgan fingerprint density at radius 1 is 1.09 bits per heavy atom. The van der Waals surface area contributed by atoms with Gasteiger partial charge < -0.3 is 5.32 Å². The lowest BCUT2D eigenvalue weighted by atomic mass is 10.2. The van der Waals surface area contributed by atoms with Crippen LogP contribution in [0.4, 0.5) is 5.69 Å². The zero-order valence-electron chi connectivity index (χ0n) is 12.9. The number of aromatic nitrogens is 1. The van der Waals surface area contributed by atoms with Crippen molar-refractivity contribution in [3.8, 4) is 0 Å². The van der Waals surface area contributed by atoms with E-state index < -0.39 is 10.0 Å². The van der Waals surface area contributed by atoms with Crippen LogP contribution in [0.15, 0.2) is 53.7 Å². The molecule has 22 heavy (non-hydrogen) atoms. The van der Waals surface area contributed by atoms with Crippen molar-refractivity contribution in [3.05, 3.63) is 54.4 Å². The van der Waals surface area contributed by atoms with Crippen LogP contribution in [0.1, 0.15) is 19.4 Å². The highest BCUT2D eigenvalue weighted by atomic mass is 32.2. The maximum absolute atomic E-state index is 12.4. The van der Waals surface area contributed by atoms with Crippen LogP contribution in [0.2, 0.25) is 0 Å². The Morgan fingerprint density at radius 3 is 2.32 bits per heavy atom. The SMILES string of the molecule is CCN(CC)S(=O)(=O)c1ccc(NCc2cccnc2)cc1. The summed E-state index contributed by atoms with van der Waals surface area (Å²) in [5, 5.41) is 3.25. The van der Waals surface area contributed by atoms with Crippen LogP contribution < -0.4 is 5.32 Å². The van der Waals surface area contributed by atoms with E-state index in [2.05, 4.69) is 10.3 Å². The van der Waals surface area contributed by atoms with Gasteiger partial charge in [0.05, 0.1) is 4.90 Å². The molecule has 0 fully saturated rings. The summed E-state index contributed by atoms with van der Waals surface area (Å²) >= 11 is 0. The third-order valence-electron chi connectivity index (χ3n) is 3.42. The highest BCUT2D eigenvalue weighted by Gasteiger charge is 2.20. The van der Waals surface area contributed by atoms with Crippen LogP contribution >= 0.6 is 0 Å². The molecular weight excluding hydrogens is 298 g/mol. The molecular formula is C16H21N3O2S. The van der Waals surface area contributed by atoms with Gasteiger partial charge in [-0.3, -0.25) is 4.98 Å². The predicted molar refractivity (Wildman–Crippen MR) is 88.1 cm³/mol. The number of rotatable bonds is 7. The molecule has 6 heteroatoms. The molecule has 118 valence electrons. The van der Waals surface area contributed by atoms with E-state index in [9.17, 15) is 8.42 Å². The molecule has 0 aliphatic heterocycles. The van der Waals surface area contributed by atoms with E-state index in [1.165, 1.54) is 4.31 Å². The first-order valence-corrected chi connectivity index (χ1v) is 8.75. The number of sulfonamides is 1. The lowest BCUT2D eigenvalue weighted by molar-refractivity contribution is 0.445. The van der Waals surface area contributed by atoms with Crippen molar-refractivity contribution in [1.82, 2.24) is 9.29 Å². The van der Waals surface area contributed by atoms with Crippen molar-refractivity contribution >= 4 is 15.7 Å². The van der Waals surface area contributed by atoms with Gasteiger partial charge in [-0.05, 0) is 35.9 Å². The number of hydrogen-bond donors (Lipinski definition) is 1. The first kappa shape index (κ1) is 16.5. The molecule has 0 saturated carbocycles. The monoisotopic (exact) mass is 319 g/mol. The van der Waals surface area contributed by atoms with Crippen LogP contribution in [0.25, 0.3) is 0 Å². The van der Waals surface area contributed by atoms with E-state index in [1.54, 1.807) is 36.7 Å². The third-order valence-corrected chi connectivity index (χ3v) is 5.48. The van der Waals surface area contributed by atoms with Crippen LogP contribution in [-0.4, -0.2) is 30.8 Å². The zero-order valence-corrected chi connectivity index (χ0v) is 13.7. The summed E-state index contributed by atoms with van der Waals surface area (Å²) in [6.07, 6.45) is 3.53. The normalized spacial score (nSPS) is 11.6. The molecule has 1 aromatic heterocycles. The Bertz CT molecular complexity index is 681. The van der Waals surface area contributed by atoms with Crippen LogP contribution in [0.3, 0.4) is 0 Å². The van der Waals surface area contributed by atoms with Gasteiger partial charge in [0.1, 0.15) is 0 Å². The molecule has 0 radical (unpaired) electrons. The summed E-state index contributed by atoms with van der Waals surface area (Å²) < 4.78 is 26.2. The van der Waals surface area contributed by atoms with Crippen molar-refractivity contribution in [3.63, 3.8) is 0 Å². The molecule has 2 rings (SSSR count). The fourth-order valence-electron chi connectivity index (χ4n) is 2.16. The topological polar surface area (TPSA) is 62.3 Å².